The normalized spacial score (nSPS) is 15.8. The molecule has 0 aliphatic carbocycles. The van der Waals surface area contributed by atoms with Gasteiger partial charge in [0.1, 0.15) is 6.61 Å². The maximum atomic E-state index is 13.1. The Kier molecular flexibility index (Phi) is 5.26. The minimum absolute atomic E-state index is 0.358. The molecule has 4 nitrogen and oxygen atoms in total. The smallest absolute Gasteiger partial charge is 0.416 e. The lowest BCUT2D eigenvalue weighted by atomic mass is 10.1. The molecule has 4 rings (SSSR count). The summed E-state index contributed by atoms with van der Waals surface area (Å²) in [5, 5.41) is 5.26. The predicted molar refractivity (Wildman–Crippen MR) is 102 cm³/mol. The van der Waals surface area contributed by atoms with E-state index >= 15 is 0 Å². The molecule has 2 aromatic carbocycles. The van der Waals surface area contributed by atoms with E-state index in [9.17, 15) is 13.2 Å². The van der Waals surface area contributed by atoms with Gasteiger partial charge in [-0.3, -0.25) is 4.90 Å². The standard InChI is InChI=1S/C21H22F3N3O/c22-21(23,24)16-7-6-8-17(15-16)27-19-10-3-2-9-18(19)20(25-27)28-14-13-26-11-4-1-5-12-26/h2-3,6-10,15H,1,4-5,11-14H2. The first kappa shape index (κ1) is 18.8. The van der Waals surface area contributed by atoms with Crippen molar-refractivity contribution in [2.45, 2.75) is 25.4 Å². The molecule has 0 amide bonds. The number of likely N-dealkylation sites (tertiary alicyclic amines) is 1. The van der Waals surface area contributed by atoms with Gasteiger partial charge >= 0.3 is 6.18 Å². The van der Waals surface area contributed by atoms with Gasteiger partial charge in [-0.2, -0.15) is 13.2 Å². The number of piperidine rings is 1. The van der Waals surface area contributed by atoms with E-state index < -0.39 is 11.7 Å². The predicted octanol–water partition coefficient (Wildman–Crippen LogP) is 4.91. The lowest BCUT2D eigenvalue weighted by Crippen LogP contribution is -2.33. The molecule has 3 aromatic rings. The Morgan fingerprint density at radius 2 is 1.75 bits per heavy atom. The quantitative estimate of drug-likeness (QED) is 0.621. The first-order chi connectivity index (χ1) is 13.5. The second kappa shape index (κ2) is 7.83. The monoisotopic (exact) mass is 389 g/mol. The molecular weight excluding hydrogens is 367 g/mol. The maximum Gasteiger partial charge on any atom is 0.416 e. The second-order valence-corrected chi connectivity index (χ2v) is 7.03. The molecule has 0 atom stereocenters. The fourth-order valence-corrected chi connectivity index (χ4v) is 3.61. The zero-order chi connectivity index (χ0) is 19.6. The summed E-state index contributed by atoms with van der Waals surface area (Å²) in [5.41, 5.74) is 0.379. The van der Waals surface area contributed by atoms with Gasteiger partial charge in [0.15, 0.2) is 0 Å². The summed E-state index contributed by atoms with van der Waals surface area (Å²) in [6, 6.07) is 12.6. The van der Waals surface area contributed by atoms with Crippen molar-refractivity contribution < 1.29 is 17.9 Å². The van der Waals surface area contributed by atoms with Crippen LogP contribution in [0.25, 0.3) is 16.6 Å². The van der Waals surface area contributed by atoms with Crippen LogP contribution in [0, 0.1) is 0 Å². The maximum absolute atomic E-state index is 13.1. The molecule has 1 aliphatic rings. The molecule has 7 heteroatoms. The largest absolute Gasteiger partial charge is 0.475 e. The van der Waals surface area contributed by atoms with E-state index in [2.05, 4.69) is 10.00 Å². The van der Waals surface area contributed by atoms with Crippen LogP contribution in [0.5, 0.6) is 5.88 Å². The van der Waals surface area contributed by atoms with E-state index in [1.807, 2.05) is 24.3 Å². The topological polar surface area (TPSA) is 30.3 Å². The zero-order valence-electron chi connectivity index (χ0n) is 15.5. The van der Waals surface area contributed by atoms with E-state index in [-0.39, 0.29) is 0 Å². The Labute approximate surface area is 161 Å². The number of benzene rings is 2. The number of hydrogen-bond donors (Lipinski definition) is 0. The van der Waals surface area contributed by atoms with Crippen molar-refractivity contribution in [3.05, 3.63) is 54.1 Å². The number of para-hydroxylation sites is 1. The van der Waals surface area contributed by atoms with Crippen molar-refractivity contribution >= 4 is 10.9 Å². The number of ether oxygens (including phenoxy) is 1. The Bertz CT molecular complexity index is 945. The first-order valence-corrected chi connectivity index (χ1v) is 9.53. The average molecular weight is 389 g/mol. The highest BCUT2D eigenvalue weighted by Gasteiger charge is 2.30. The minimum atomic E-state index is -4.40. The third kappa shape index (κ3) is 3.99. The lowest BCUT2D eigenvalue weighted by Gasteiger charge is -2.25. The summed E-state index contributed by atoms with van der Waals surface area (Å²) in [6.45, 7) is 3.50. The van der Waals surface area contributed by atoms with Crippen LogP contribution in [-0.4, -0.2) is 40.9 Å². The summed E-state index contributed by atoms with van der Waals surface area (Å²) in [4.78, 5) is 2.37. The average Bonchev–Trinajstić information content (AvgIpc) is 3.07. The molecule has 0 N–H and O–H groups in total. The number of nitrogens with zero attached hydrogens (tertiary/aromatic N) is 3. The molecule has 148 valence electrons. The molecular formula is C21H22F3N3O. The number of hydrogen-bond acceptors (Lipinski definition) is 3. The van der Waals surface area contributed by atoms with Crippen LogP contribution in [0.3, 0.4) is 0 Å². The first-order valence-electron chi connectivity index (χ1n) is 9.53. The van der Waals surface area contributed by atoms with Crippen LogP contribution >= 0.6 is 0 Å². The van der Waals surface area contributed by atoms with Gasteiger partial charge in [-0.1, -0.05) is 24.6 Å². The van der Waals surface area contributed by atoms with Gasteiger partial charge in [0.05, 0.1) is 22.2 Å². The van der Waals surface area contributed by atoms with Gasteiger partial charge in [0.2, 0.25) is 5.88 Å². The lowest BCUT2D eigenvalue weighted by molar-refractivity contribution is -0.137. The van der Waals surface area contributed by atoms with Crippen molar-refractivity contribution in [3.63, 3.8) is 0 Å². The van der Waals surface area contributed by atoms with Crippen molar-refractivity contribution in [2.75, 3.05) is 26.2 Å². The third-order valence-electron chi connectivity index (χ3n) is 5.07. The van der Waals surface area contributed by atoms with Crippen LogP contribution in [0.15, 0.2) is 48.5 Å². The van der Waals surface area contributed by atoms with Crippen molar-refractivity contribution in [2.24, 2.45) is 0 Å². The molecule has 28 heavy (non-hydrogen) atoms. The fraction of sp³-hybridized carbons (Fsp3) is 0.381. The summed E-state index contributed by atoms with van der Waals surface area (Å²) in [5.74, 6) is 0.449. The minimum Gasteiger partial charge on any atom is -0.475 e. The highest BCUT2D eigenvalue weighted by molar-refractivity contribution is 5.86. The van der Waals surface area contributed by atoms with Crippen molar-refractivity contribution in [3.8, 4) is 11.6 Å². The molecule has 0 radical (unpaired) electrons. The summed E-state index contributed by atoms with van der Waals surface area (Å²) in [6.07, 6.45) is -0.684. The molecule has 1 saturated heterocycles. The van der Waals surface area contributed by atoms with Crippen LogP contribution in [-0.2, 0) is 6.18 Å². The molecule has 1 fully saturated rings. The highest BCUT2D eigenvalue weighted by Crippen LogP contribution is 2.32. The third-order valence-corrected chi connectivity index (χ3v) is 5.07. The molecule has 2 heterocycles. The van der Waals surface area contributed by atoms with Gasteiger partial charge in [-0.15, -0.1) is 5.10 Å². The van der Waals surface area contributed by atoms with Gasteiger partial charge in [-0.05, 0) is 56.3 Å². The fourth-order valence-electron chi connectivity index (χ4n) is 3.61. The molecule has 1 aliphatic heterocycles. The van der Waals surface area contributed by atoms with Crippen molar-refractivity contribution in [1.29, 1.82) is 0 Å². The Morgan fingerprint density at radius 1 is 0.964 bits per heavy atom. The highest BCUT2D eigenvalue weighted by atomic mass is 19.4. The number of alkyl halides is 3. The van der Waals surface area contributed by atoms with Crippen LogP contribution < -0.4 is 4.74 Å². The van der Waals surface area contributed by atoms with E-state index in [1.54, 1.807) is 6.07 Å². The van der Waals surface area contributed by atoms with Gasteiger partial charge in [0.25, 0.3) is 0 Å². The van der Waals surface area contributed by atoms with Gasteiger partial charge < -0.3 is 4.74 Å². The SMILES string of the molecule is FC(F)(F)c1cccc(-n2nc(OCCN3CCCCC3)c3ccccc32)c1. The molecule has 0 spiro atoms. The Balaban J connectivity index is 1.60. The molecule has 1 aromatic heterocycles. The molecule has 0 saturated carbocycles. The van der Waals surface area contributed by atoms with Crippen LogP contribution in [0.2, 0.25) is 0 Å². The Morgan fingerprint density at radius 3 is 2.54 bits per heavy atom. The second-order valence-electron chi connectivity index (χ2n) is 7.03. The van der Waals surface area contributed by atoms with Gasteiger partial charge in [0, 0.05) is 6.54 Å². The number of rotatable bonds is 5. The summed E-state index contributed by atoms with van der Waals surface area (Å²) in [7, 11) is 0. The molecule has 0 unspecified atom stereocenters. The van der Waals surface area contributed by atoms with E-state index in [0.29, 0.717) is 18.2 Å². The van der Waals surface area contributed by atoms with E-state index in [4.69, 9.17) is 4.74 Å². The number of aromatic nitrogens is 2. The zero-order valence-corrected chi connectivity index (χ0v) is 15.5. The summed E-state index contributed by atoms with van der Waals surface area (Å²) >= 11 is 0. The van der Waals surface area contributed by atoms with Gasteiger partial charge in [-0.25, -0.2) is 4.68 Å². The van der Waals surface area contributed by atoms with Crippen LogP contribution in [0.4, 0.5) is 13.2 Å². The number of halogens is 3. The molecule has 0 bridgehead atoms. The van der Waals surface area contributed by atoms with E-state index in [0.717, 1.165) is 42.7 Å². The number of fused-ring (bicyclic) bond motifs is 1. The van der Waals surface area contributed by atoms with E-state index in [1.165, 1.54) is 30.0 Å². The van der Waals surface area contributed by atoms with Crippen molar-refractivity contribution in [1.82, 2.24) is 14.7 Å². The Hall–Kier alpha value is -2.54. The van der Waals surface area contributed by atoms with Crippen LogP contribution in [0.1, 0.15) is 24.8 Å². The summed E-state index contributed by atoms with van der Waals surface area (Å²) < 4.78 is 46.7.